The van der Waals surface area contributed by atoms with Crippen molar-refractivity contribution in [1.82, 2.24) is 9.97 Å². The third-order valence-corrected chi connectivity index (χ3v) is 2.85. The van der Waals surface area contributed by atoms with E-state index in [9.17, 15) is 0 Å². The molecule has 1 rings (SSSR count). The molecule has 0 aliphatic heterocycles. The van der Waals surface area contributed by atoms with Crippen LogP contribution in [0.25, 0.3) is 0 Å². The molecule has 0 fully saturated rings. The van der Waals surface area contributed by atoms with Gasteiger partial charge in [-0.3, -0.25) is 0 Å². The molecule has 0 amide bonds. The van der Waals surface area contributed by atoms with Crippen molar-refractivity contribution in [2.75, 3.05) is 11.9 Å². The highest BCUT2D eigenvalue weighted by molar-refractivity contribution is 5.50. The third kappa shape index (κ3) is 3.86. The van der Waals surface area contributed by atoms with Gasteiger partial charge in [0.15, 0.2) is 0 Å². The summed E-state index contributed by atoms with van der Waals surface area (Å²) in [5.41, 5.74) is 1.08. The summed E-state index contributed by atoms with van der Waals surface area (Å²) in [6.45, 7) is 11.5. The predicted molar refractivity (Wildman–Crippen MR) is 75.3 cm³/mol. The minimum absolute atomic E-state index is 0.177. The number of anilines is 1. The van der Waals surface area contributed by atoms with Gasteiger partial charge in [-0.15, -0.1) is 0 Å². The van der Waals surface area contributed by atoms with Crippen LogP contribution >= 0.6 is 0 Å². The second-order valence-electron chi connectivity index (χ2n) is 4.86. The van der Waals surface area contributed by atoms with Crippen molar-refractivity contribution >= 4 is 5.82 Å². The van der Waals surface area contributed by atoms with Gasteiger partial charge in [0.05, 0.1) is 11.7 Å². The number of nitrogens with one attached hydrogen (secondary N) is 1. The molecule has 0 saturated carbocycles. The number of hydrogen-bond acceptors (Lipinski definition) is 4. The van der Waals surface area contributed by atoms with E-state index in [1.165, 1.54) is 0 Å². The van der Waals surface area contributed by atoms with E-state index in [1.54, 1.807) is 6.33 Å². The smallest absolute Gasteiger partial charge is 0.222 e. The van der Waals surface area contributed by atoms with E-state index in [4.69, 9.17) is 4.74 Å². The van der Waals surface area contributed by atoms with Crippen LogP contribution in [0.3, 0.4) is 0 Å². The van der Waals surface area contributed by atoms with Crippen molar-refractivity contribution < 1.29 is 4.74 Å². The van der Waals surface area contributed by atoms with Crippen molar-refractivity contribution in [3.8, 4) is 5.88 Å². The summed E-state index contributed by atoms with van der Waals surface area (Å²) in [7, 11) is 0. The second kappa shape index (κ2) is 7.19. The Labute approximate surface area is 110 Å². The summed E-state index contributed by atoms with van der Waals surface area (Å²) in [5.74, 6) is 1.96. The Bertz CT molecular complexity index is 366. The highest BCUT2D eigenvalue weighted by Gasteiger charge is 2.17. The SMILES string of the molecule is CCCNc1ncnc(OC(C)CC)c1C(C)C. The summed E-state index contributed by atoms with van der Waals surface area (Å²) < 4.78 is 5.89. The lowest BCUT2D eigenvalue weighted by atomic mass is 10.1. The van der Waals surface area contributed by atoms with Crippen molar-refractivity contribution in [2.24, 2.45) is 0 Å². The fourth-order valence-corrected chi connectivity index (χ4v) is 1.65. The lowest BCUT2D eigenvalue weighted by Gasteiger charge is -2.19. The van der Waals surface area contributed by atoms with Gasteiger partial charge < -0.3 is 10.1 Å². The first-order valence-corrected chi connectivity index (χ1v) is 6.85. The summed E-state index contributed by atoms with van der Waals surface area (Å²) >= 11 is 0. The molecule has 0 saturated heterocycles. The molecule has 0 aromatic carbocycles. The Morgan fingerprint density at radius 3 is 2.50 bits per heavy atom. The maximum atomic E-state index is 5.89. The standard InChI is InChI=1S/C14H25N3O/c1-6-8-15-13-12(10(3)4)14(17-9-16-13)18-11(5)7-2/h9-11H,6-8H2,1-5H3,(H,15,16,17). The Balaban J connectivity index is 3.01. The predicted octanol–water partition coefficient (Wildman–Crippen LogP) is 3.60. The summed E-state index contributed by atoms with van der Waals surface area (Å²) in [5, 5.41) is 3.34. The van der Waals surface area contributed by atoms with E-state index in [0.717, 1.165) is 30.8 Å². The van der Waals surface area contributed by atoms with Crippen molar-refractivity contribution in [3.05, 3.63) is 11.9 Å². The number of hydrogen-bond donors (Lipinski definition) is 1. The van der Waals surface area contributed by atoms with E-state index in [-0.39, 0.29) is 6.10 Å². The molecule has 4 nitrogen and oxygen atoms in total. The fourth-order valence-electron chi connectivity index (χ4n) is 1.65. The summed E-state index contributed by atoms with van der Waals surface area (Å²) in [6.07, 6.45) is 3.79. The Morgan fingerprint density at radius 1 is 1.22 bits per heavy atom. The van der Waals surface area contributed by atoms with Crippen LogP contribution in [0.1, 0.15) is 58.9 Å². The molecule has 1 aromatic heterocycles. The maximum absolute atomic E-state index is 5.89. The molecule has 1 aromatic rings. The first-order valence-electron chi connectivity index (χ1n) is 6.85. The number of aromatic nitrogens is 2. The average molecular weight is 251 g/mol. The fraction of sp³-hybridized carbons (Fsp3) is 0.714. The minimum atomic E-state index is 0.177. The zero-order chi connectivity index (χ0) is 13.5. The van der Waals surface area contributed by atoms with E-state index in [0.29, 0.717) is 11.8 Å². The van der Waals surface area contributed by atoms with Gasteiger partial charge in [0.2, 0.25) is 5.88 Å². The zero-order valence-electron chi connectivity index (χ0n) is 12.2. The van der Waals surface area contributed by atoms with Crippen molar-refractivity contribution in [1.29, 1.82) is 0 Å². The van der Waals surface area contributed by atoms with Crippen LogP contribution in [0.5, 0.6) is 5.88 Å². The number of rotatable bonds is 7. The molecule has 18 heavy (non-hydrogen) atoms. The maximum Gasteiger partial charge on any atom is 0.222 e. The molecule has 1 unspecified atom stereocenters. The van der Waals surface area contributed by atoms with Gasteiger partial charge >= 0.3 is 0 Å². The van der Waals surface area contributed by atoms with Crippen LogP contribution in [0.15, 0.2) is 6.33 Å². The monoisotopic (exact) mass is 251 g/mol. The molecular weight excluding hydrogens is 226 g/mol. The number of ether oxygens (including phenoxy) is 1. The van der Waals surface area contributed by atoms with E-state index < -0.39 is 0 Å². The third-order valence-electron chi connectivity index (χ3n) is 2.85. The Hall–Kier alpha value is -1.32. The van der Waals surface area contributed by atoms with Crippen LogP contribution in [0, 0.1) is 0 Å². The van der Waals surface area contributed by atoms with E-state index in [1.807, 2.05) is 0 Å². The highest BCUT2D eigenvalue weighted by atomic mass is 16.5. The van der Waals surface area contributed by atoms with Gasteiger partial charge in [-0.1, -0.05) is 27.7 Å². The van der Waals surface area contributed by atoms with Crippen LogP contribution < -0.4 is 10.1 Å². The van der Waals surface area contributed by atoms with Gasteiger partial charge in [0.25, 0.3) is 0 Å². The van der Waals surface area contributed by atoms with Crippen molar-refractivity contribution in [3.63, 3.8) is 0 Å². The topological polar surface area (TPSA) is 47.0 Å². The second-order valence-corrected chi connectivity index (χ2v) is 4.86. The molecule has 1 heterocycles. The van der Waals surface area contributed by atoms with Crippen LogP contribution in [-0.4, -0.2) is 22.6 Å². The quantitative estimate of drug-likeness (QED) is 0.804. The molecule has 1 N–H and O–H groups in total. The average Bonchev–Trinajstić information content (AvgIpc) is 2.35. The summed E-state index contributed by atoms with van der Waals surface area (Å²) in [6, 6.07) is 0. The van der Waals surface area contributed by atoms with Gasteiger partial charge in [0, 0.05) is 6.54 Å². The minimum Gasteiger partial charge on any atom is -0.474 e. The molecular formula is C14H25N3O. The molecule has 102 valence electrons. The molecule has 4 heteroatoms. The van der Waals surface area contributed by atoms with E-state index in [2.05, 4.69) is 49.9 Å². The molecule has 0 radical (unpaired) electrons. The van der Waals surface area contributed by atoms with Crippen LogP contribution in [0.4, 0.5) is 5.82 Å². The highest BCUT2D eigenvalue weighted by Crippen LogP contribution is 2.30. The first-order chi connectivity index (χ1) is 8.60. The molecule has 0 aliphatic carbocycles. The molecule has 1 atom stereocenters. The first kappa shape index (κ1) is 14.7. The molecule has 0 bridgehead atoms. The van der Waals surface area contributed by atoms with Gasteiger partial charge in [-0.2, -0.15) is 0 Å². The van der Waals surface area contributed by atoms with Gasteiger partial charge in [0.1, 0.15) is 12.1 Å². The summed E-state index contributed by atoms with van der Waals surface area (Å²) in [4.78, 5) is 8.61. The Kier molecular flexibility index (Phi) is 5.89. The zero-order valence-corrected chi connectivity index (χ0v) is 12.2. The largest absolute Gasteiger partial charge is 0.474 e. The lowest BCUT2D eigenvalue weighted by Crippen LogP contribution is -2.15. The molecule has 0 aliphatic rings. The molecule has 0 spiro atoms. The van der Waals surface area contributed by atoms with E-state index >= 15 is 0 Å². The Morgan fingerprint density at radius 2 is 1.94 bits per heavy atom. The van der Waals surface area contributed by atoms with Crippen LogP contribution in [0.2, 0.25) is 0 Å². The normalized spacial score (nSPS) is 12.6. The van der Waals surface area contributed by atoms with Crippen molar-refractivity contribution in [2.45, 2.75) is 59.5 Å². The van der Waals surface area contributed by atoms with Gasteiger partial charge in [-0.05, 0) is 25.7 Å². The van der Waals surface area contributed by atoms with Gasteiger partial charge in [-0.25, -0.2) is 9.97 Å². The van der Waals surface area contributed by atoms with Crippen LogP contribution in [-0.2, 0) is 0 Å². The number of nitrogens with zero attached hydrogens (tertiary/aromatic N) is 2. The lowest BCUT2D eigenvalue weighted by molar-refractivity contribution is 0.205.